The van der Waals surface area contributed by atoms with Crippen molar-refractivity contribution in [2.24, 2.45) is 0 Å². The molecule has 0 saturated heterocycles. The average Bonchev–Trinajstić information content (AvgIpc) is 2.60. The van der Waals surface area contributed by atoms with Gasteiger partial charge >= 0.3 is 0 Å². The van der Waals surface area contributed by atoms with Crippen LogP contribution in [0.5, 0.6) is 5.75 Å². The van der Waals surface area contributed by atoms with E-state index in [1.165, 1.54) is 5.56 Å². The first kappa shape index (κ1) is 17.4. The van der Waals surface area contributed by atoms with Gasteiger partial charge in [-0.25, -0.2) is 0 Å². The summed E-state index contributed by atoms with van der Waals surface area (Å²) in [5.74, 6) is 0.427. The van der Waals surface area contributed by atoms with E-state index < -0.39 is 6.61 Å². The summed E-state index contributed by atoms with van der Waals surface area (Å²) in [7, 11) is 0. The van der Waals surface area contributed by atoms with E-state index in [4.69, 9.17) is 9.84 Å². The van der Waals surface area contributed by atoms with Crippen LogP contribution in [-0.4, -0.2) is 17.5 Å². The van der Waals surface area contributed by atoms with E-state index in [9.17, 15) is 4.79 Å². The minimum atomic E-state index is -0.492. The number of aliphatic hydroxyl groups excluding tert-OH is 1. The molecule has 2 rings (SSSR count). The van der Waals surface area contributed by atoms with Crippen molar-refractivity contribution in [2.45, 2.75) is 18.4 Å². The maximum Gasteiger partial charge on any atom is 0.188 e. The van der Waals surface area contributed by atoms with Crippen LogP contribution in [0.15, 0.2) is 55.1 Å². The second-order valence-corrected chi connectivity index (χ2v) is 5.70. The molecule has 0 saturated carbocycles. The van der Waals surface area contributed by atoms with Crippen LogP contribution in [0.4, 0.5) is 0 Å². The second-order valence-electron chi connectivity index (χ2n) is 5.14. The molecule has 23 heavy (non-hydrogen) atoms. The van der Waals surface area contributed by atoms with Crippen LogP contribution in [0.1, 0.15) is 27.0 Å². The van der Waals surface area contributed by atoms with Crippen molar-refractivity contribution in [3.63, 3.8) is 0 Å². The lowest BCUT2D eigenvalue weighted by Crippen LogP contribution is -2.06. The summed E-state index contributed by atoms with van der Waals surface area (Å²) in [4.78, 5) is 11.6. The lowest BCUT2D eigenvalue weighted by Gasteiger charge is -2.12. The van der Waals surface area contributed by atoms with Gasteiger partial charge in [0.2, 0.25) is 0 Å². The number of hydrogen-bond donors (Lipinski definition) is 1. The van der Waals surface area contributed by atoms with Crippen LogP contribution < -0.4 is 4.74 Å². The molecular formula is C19H19BrO3. The van der Waals surface area contributed by atoms with E-state index in [-0.39, 0.29) is 5.78 Å². The van der Waals surface area contributed by atoms with E-state index in [2.05, 4.69) is 34.6 Å². The molecule has 0 amide bonds. The molecule has 0 spiro atoms. The number of halogens is 1. The molecule has 0 heterocycles. The zero-order valence-electron chi connectivity index (χ0n) is 12.8. The molecule has 0 bridgehead atoms. The number of rotatable bonds is 8. The third-order valence-electron chi connectivity index (χ3n) is 3.46. The summed E-state index contributed by atoms with van der Waals surface area (Å²) in [5.41, 5.74) is 3.66. The number of ketones is 1. The van der Waals surface area contributed by atoms with Crippen molar-refractivity contribution in [3.8, 4) is 5.75 Å². The predicted molar refractivity (Wildman–Crippen MR) is 95.2 cm³/mol. The van der Waals surface area contributed by atoms with Gasteiger partial charge in [0.15, 0.2) is 5.78 Å². The van der Waals surface area contributed by atoms with Crippen molar-refractivity contribution < 1.29 is 14.6 Å². The van der Waals surface area contributed by atoms with E-state index in [0.717, 1.165) is 22.2 Å². The van der Waals surface area contributed by atoms with Crippen LogP contribution in [0, 0.1) is 0 Å². The number of benzene rings is 2. The van der Waals surface area contributed by atoms with E-state index >= 15 is 0 Å². The number of carbonyl (C=O) groups is 1. The molecule has 4 heteroatoms. The first-order valence-corrected chi connectivity index (χ1v) is 8.44. The van der Waals surface area contributed by atoms with Gasteiger partial charge in [-0.3, -0.25) is 4.79 Å². The molecule has 3 nitrogen and oxygen atoms in total. The van der Waals surface area contributed by atoms with Gasteiger partial charge in [-0.2, -0.15) is 0 Å². The number of aliphatic hydroxyl groups is 1. The first-order valence-electron chi connectivity index (χ1n) is 7.32. The standard InChI is InChI=1S/C19H19BrO3/c1-2-3-17-10-16(18(22)12-21)8-9-19(17)23-13-15-6-4-14(11-20)5-7-15/h2,4-10,21H,1,3,11-13H2. The summed E-state index contributed by atoms with van der Waals surface area (Å²) in [5, 5.41) is 9.80. The van der Waals surface area contributed by atoms with Crippen LogP contribution in [-0.2, 0) is 18.4 Å². The number of ether oxygens (including phenoxy) is 1. The molecule has 0 radical (unpaired) electrons. The quantitative estimate of drug-likeness (QED) is 0.430. The summed E-state index contributed by atoms with van der Waals surface area (Å²) in [6.45, 7) is 3.70. The van der Waals surface area contributed by atoms with Gasteiger partial charge in [-0.05, 0) is 41.3 Å². The molecule has 0 aliphatic rings. The number of carbonyl (C=O) groups excluding carboxylic acids is 1. The Labute approximate surface area is 144 Å². The Balaban J connectivity index is 2.14. The molecule has 0 unspecified atom stereocenters. The predicted octanol–water partition coefficient (Wildman–Crippen LogP) is 4.06. The summed E-state index contributed by atoms with van der Waals surface area (Å²) in [6, 6.07) is 13.4. The van der Waals surface area contributed by atoms with Crippen molar-refractivity contribution in [3.05, 3.63) is 77.4 Å². The van der Waals surface area contributed by atoms with Crippen molar-refractivity contribution >= 4 is 21.7 Å². The number of alkyl halides is 1. The lowest BCUT2D eigenvalue weighted by atomic mass is 10.0. The topological polar surface area (TPSA) is 46.5 Å². The van der Waals surface area contributed by atoms with Crippen LogP contribution in [0.2, 0.25) is 0 Å². The highest BCUT2D eigenvalue weighted by Crippen LogP contribution is 2.23. The minimum absolute atomic E-state index is 0.299. The average molecular weight is 375 g/mol. The largest absolute Gasteiger partial charge is 0.489 e. The molecule has 2 aromatic carbocycles. The van der Waals surface area contributed by atoms with Crippen molar-refractivity contribution in [1.82, 2.24) is 0 Å². The van der Waals surface area contributed by atoms with Gasteiger partial charge in [-0.1, -0.05) is 46.3 Å². The van der Waals surface area contributed by atoms with Crippen LogP contribution >= 0.6 is 15.9 Å². The summed E-state index contributed by atoms with van der Waals surface area (Å²) < 4.78 is 5.88. The van der Waals surface area contributed by atoms with Gasteiger partial charge in [-0.15, -0.1) is 6.58 Å². The molecule has 0 aromatic heterocycles. The molecule has 0 aliphatic heterocycles. The molecular weight excluding hydrogens is 356 g/mol. The van der Waals surface area contributed by atoms with Crippen LogP contribution in [0.3, 0.4) is 0 Å². The summed E-state index contributed by atoms with van der Waals surface area (Å²) in [6.07, 6.45) is 2.37. The van der Waals surface area contributed by atoms with Gasteiger partial charge in [0, 0.05) is 10.9 Å². The zero-order chi connectivity index (χ0) is 16.7. The first-order chi connectivity index (χ1) is 11.2. The third kappa shape index (κ3) is 4.78. The van der Waals surface area contributed by atoms with Gasteiger partial charge < -0.3 is 9.84 Å². The Hall–Kier alpha value is -1.91. The molecule has 0 atom stereocenters. The third-order valence-corrected chi connectivity index (χ3v) is 4.11. The molecule has 120 valence electrons. The molecule has 0 aliphatic carbocycles. The van der Waals surface area contributed by atoms with Crippen molar-refractivity contribution in [2.75, 3.05) is 6.61 Å². The highest BCUT2D eigenvalue weighted by molar-refractivity contribution is 9.08. The maximum atomic E-state index is 11.6. The fourth-order valence-corrected chi connectivity index (χ4v) is 2.56. The molecule has 2 aromatic rings. The molecule has 0 fully saturated rings. The van der Waals surface area contributed by atoms with Crippen molar-refractivity contribution in [1.29, 1.82) is 0 Å². The normalized spacial score (nSPS) is 10.3. The Morgan fingerprint density at radius 2 is 1.87 bits per heavy atom. The highest BCUT2D eigenvalue weighted by atomic mass is 79.9. The Morgan fingerprint density at radius 1 is 1.17 bits per heavy atom. The number of hydrogen-bond acceptors (Lipinski definition) is 3. The number of allylic oxidation sites excluding steroid dienone is 1. The van der Waals surface area contributed by atoms with E-state index in [0.29, 0.717) is 18.6 Å². The minimum Gasteiger partial charge on any atom is -0.489 e. The van der Waals surface area contributed by atoms with E-state index in [1.807, 2.05) is 12.1 Å². The van der Waals surface area contributed by atoms with E-state index in [1.54, 1.807) is 24.3 Å². The maximum absolute atomic E-state index is 11.6. The molecule has 1 N–H and O–H groups in total. The zero-order valence-corrected chi connectivity index (χ0v) is 14.4. The Kier molecular flexibility index (Phi) is 6.56. The van der Waals surface area contributed by atoms with Crippen LogP contribution in [0.25, 0.3) is 0 Å². The highest BCUT2D eigenvalue weighted by Gasteiger charge is 2.09. The fourth-order valence-electron chi connectivity index (χ4n) is 2.19. The smallest absolute Gasteiger partial charge is 0.188 e. The fraction of sp³-hybridized carbons (Fsp3) is 0.211. The Bertz CT molecular complexity index is 678. The lowest BCUT2D eigenvalue weighted by molar-refractivity contribution is 0.0903. The second kappa shape index (κ2) is 8.65. The number of Topliss-reactive ketones (excluding diaryl/α,β-unsaturated/α-hetero) is 1. The monoisotopic (exact) mass is 374 g/mol. The van der Waals surface area contributed by atoms with Gasteiger partial charge in [0.1, 0.15) is 19.0 Å². The Morgan fingerprint density at radius 3 is 2.48 bits per heavy atom. The summed E-state index contributed by atoms with van der Waals surface area (Å²) >= 11 is 3.42. The van der Waals surface area contributed by atoms with Gasteiger partial charge in [0.05, 0.1) is 0 Å². The SMILES string of the molecule is C=CCc1cc(C(=O)CO)ccc1OCc1ccc(CBr)cc1. The van der Waals surface area contributed by atoms with Gasteiger partial charge in [0.25, 0.3) is 0 Å².